The second-order valence-corrected chi connectivity index (χ2v) is 11.3. The molecule has 2 aliphatic heterocycles. The fraction of sp³-hybridized carbons (Fsp3) is 0.609. The van der Waals surface area contributed by atoms with Crippen molar-refractivity contribution in [1.29, 1.82) is 0 Å². The summed E-state index contributed by atoms with van der Waals surface area (Å²) in [6.07, 6.45) is 2.17. The molecule has 35 heavy (non-hydrogen) atoms. The molecule has 1 aromatic rings. The predicted octanol–water partition coefficient (Wildman–Crippen LogP) is 0.703. The molecule has 0 spiro atoms. The molecule has 7 N–H and O–H groups in total. The zero-order valence-corrected chi connectivity index (χ0v) is 21.1. The third-order valence-corrected chi connectivity index (χ3v) is 8.09. The van der Waals surface area contributed by atoms with Crippen LogP contribution in [0.3, 0.4) is 0 Å². The van der Waals surface area contributed by atoms with Crippen LogP contribution < -0.4 is 21.5 Å². The van der Waals surface area contributed by atoms with Crippen LogP contribution in [0.25, 0.3) is 0 Å². The van der Waals surface area contributed by atoms with Crippen LogP contribution in [0.1, 0.15) is 45.1 Å². The number of para-hydroxylation sites is 1. The number of carbonyl (C=O) groups excluding carboxylic acids is 1. The van der Waals surface area contributed by atoms with E-state index >= 15 is 0 Å². The number of carboxylic acids is 1. The summed E-state index contributed by atoms with van der Waals surface area (Å²) >= 11 is 0. The Balaban J connectivity index is 1.88. The first-order valence-corrected chi connectivity index (χ1v) is 13.4. The van der Waals surface area contributed by atoms with Crippen molar-refractivity contribution in [3.05, 3.63) is 23.8 Å². The molecule has 0 bridgehead atoms. The number of nitrogens with one attached hydrogen (secondary N) is 2. The summed E-state index contributed by atoms with van der Waals surface area (Å²) in [5.41, 5.74) is 12.2. The third kappa shape index (κ3) is 6.63. The van der Waals surface area contributed by atoms with Crippen molar-refractivity contribution < 1.29 is 23.1 Å². The summed E-state index contributed by atoms with van der Waals surface area (Å²) < 4.78 is 29.5. The van der Waals surface area contributed by atoms with Crippen LogP contribution in [0.2, 0.25) is 0 Å². The number of fused-ring (bicyclic) bond motifs is 1. The number of nitrogens with two attached hydrogens (primary N) is 2. The van der Waals surface area contributed by atoms with Crippen molar-refractivity contribution >= 4 is 33.5 Å². The van der Waals surface area contributed by atoms with Gasteiger partial charge in [0, 0.05) is 19.6 Å². The topological polar surface area (TPSA) is 180 Å². The van der Waals surface area contributed by atoms with Gasteiger partial charge in [0.2, 0.25) is 15.9 Å². The van der Waals surface area contributed by atoms with Crippen LogP contribution in [-0.2, 0) is 26.0 Å². The number of guanidine groups is 1. The zero-order chi connectivity index (χ0) is 25.8. The van der Waals surface area contributed by atoms with Crippen molar-refractivity contribution in [1.82, 2.24) is 9.62 Å². The van der Waals surface area contributed by atoms with E-state index in [4.69, 9.17) is 11.5 Å². The van der Waals surface area contributed by atoms with Gasteiger partial charge < -0.3 is 26.8 Å². The van der Waals surface area contributed by atoms with Crippen molar-refractivity contribution in [2.45, 2.75) is 62.9 Å². The number of amides is 1. The molecule has 12 heteroatoms. The van der Waals surface area contributed by atoms with E-state index in [1.807, 2.05) is 13.0 Å². The van der Waals surface area contributed by atoms with Crippen molar-refractivity contribution in [3.8, 4) is 0 Å². The molecule has 11 nitrogen and oxygen atoms in total. The molecule has 0 aliphatic carbocycles. The van der Waals surface area contributed by atoms with Gasteiger partial charge in [-0.15, -0.1) is 0 Å². The summed E-state index contributed by atoms with van der Waals surface area (Å²) in [5, 5.41) is 12.9. The van der Waals surface area contributed by atoms with E-state index in [-0.39, 0.29) is 36.3 Å². The average Bonchev–Trinajstić information content (AvgIpc) is 2.79. The second kappa shape index (κ2) is 11.3. The largest absolute Gasteiger partial charge is 0.480 e. The molecule has 1 aromatic carbocycles. The molecule has 0 unspecified atom stereocenters. The number of aliphatic imine (C=N–C) groups is 1. The lowest BCUT2D eigenvalue weighted by Gasteiger charge is -2.38. The Bertz CT molecular complexity index is 1070. The highest BCUT2D eigenvalue weighted by Gasteiger charge is 2.39. The monoisotopic (exact) mass is 508 g/mol. The molecular weight excluding hydrogens is 472 g/mol. The Labute approximate surface area is 206 Å². The van der Waals surface area contributed by atoms with Crippen molar-refractivity contribution in [2.75, 3.05) is 25.0 Å². The van der Waals surface area contributed by atoms with E-state index in [2.05, 4.69) is 22.0 Å². The van der Waals surface area contributed by atoms with Gasteiger partial charge in [-0.25, -0.2) is 13.2 Å². The van der Waals surface area contributed by atoms with Gasteiger partial charge in [-0.3, -0.25) is 9.79 Å². The first-order valence-electron chi connectivity index (χ1n) is 12.0. The number of anilines is 1. The minimum atomic E-state index is -4.10. The number of rotatable bonds is 9. The number of hydrogen-bond acceptors (Lipinski definition) is 6. The minimum Gasteiger partial charge on any atom is -0.480 e. The van der Waals surface area contributed by atoms with Gasteiger partial charge in [0.15, 0.2) is 5.96 Å². The maximum Gasteiger partial charge on any atom is 0.326 e. The van der Waals surface area contributed by atoms with Gasteiger partial charge in [0.05, 0.1) is 5.69 Å². The van der Waals surface area contributed by atoms with Crippen LogP contribution in [-0.4, -0.2) is 68.0 Å². The van der Waals surface area contributed by atoms with Crippen LogP contribution in [0, 0.1) is 11.8 Å². The number of aliphatic carboxylic acids is 1. The number of hydrogen-bond donors (Lipinski definition) is 5. The first-order chi connectivity index (χ1) is 16.5. The number of carboxylic acid groups (broad SMARTS) is 1. The van der Waals surface area contributed by atoms with Gasteiger partial charge in [-0.1, -0.05) is 26.0 Å². The number of carbonyl (C=O) groups is 2. The lowest BCUT2D eigenvalue weighted by Crippen LogP contribution is -2.56. The van der Waals surface area contributed by atoms with E-state index in [0.29, 0.717) is 37.4 Å². The van der Waals surface area contributed by atoms with Crippen LogP contribution >= 0.6 is 0 Å². The van der Waals surface area contributed by atoms with E-state index in [9.17, 15) is 23.1 Å². The fourth-order valence-corrected chi connectivity index (χ4v) is 6.17. The summed E-state index contributed by atoms with van der Waals surface area (Å²) in [4.78, 5) is 30.7. The second-order valence-electron chi connectivity index (χ2n) is 9.62. The van der Waals surface area contributed by atoms with Gasteiger partial charge >= 0.3 is 5.97 Å². The summed E-state index contributed by atoms with van der Waals surface area (Å²) in [7, 11) is -4.10. The molecule has 0 saturated carbocycles. The van der Waals surface area contributed by atoms with E-state index in [1.54, 1.807) is 6.07 Å². The number of nitrogens with zero attached hydrogens (tertiary/aromatic N) is 2. The van der Waals surface area contributed by atoms with Crippen LogP contribution in [0.15, 0.2) is 28.1 Å². The molecule has 2 aliphatic rings. The molecule has 194 valence electrons. The standard InChI is InChI=1S/C23H36N6O5S/c1-14-8-10-29(18(12-14)22(31)32)21(30)17(6-4-9-26-23(24)25)28-35(33,34)19-7-3-5-16-11-15(2)13-27-20(16)19/h3,5,7,14-15,17-18,27-28H,4,6,8-13H2,1-2H3,(H,31,32)(H4,24,25,26)/t14-,15-,17-,18+/m0/s1. The zero-order valence-electron chi connectivity index (χ0n) is 20.2. The van der Waals surface area contributed by atoms with E-state index < -0.39 is 34.0 Å². The molecule has 4 atom stereocenters. The Kier molecular flexibility index (Phi) is 8.60. The molecule has 1 amide bonds. The lowest BCUT2D eigenvalue weighted by atomic mass is 9.91. The average molecular weight is 509 g/mol. The van der Waals surface area contributed by atoms with Crippen molar-refractivity contribution in [3.63, 3.8) is 0 Å². The minimum absolute atomic E-state index is 0.0750. The molecule has 2 heterocycles. The first kappa shape index (κ1) is 26.7. The highest BCUT2D eigenvalue weighted by molar-refractivity contribution is 7.89. The molecule has 1 saturated heterocycles. The molecular formula is C23H36N6O5S. The number of benzene rings is 1. The van der Waals surface area contributed by atoms with Crippen LogP contribution in [0.5, 0.6) is 0 Å². The van der Waals surface area contributed by atoms with E-state index in [0.717, 1.165) is 12.0 Å². The SMILES string of the molecule is C[C@@H]1CNc2c(cccc2S(=O)(=O)N[C@@H](CCCN=C(N)N)C(=O)N2CC[C@H](C)C[C@@H]2C(=O)O)C1. The highest BCUT2D eigenvalue weighted by atomic mass is 32.2. The summed E-state index contributed by atoms with van der Waals surface area (Å²) in [6.45, 7) is 5.14. The van der Waals surface area contributed by atoms with Crippen LogP contribution in [0.4, 0.5) is 5.69 Å². The maximum atomic E-state index is 13.5. The van der Waals surface area contributed by atoms with Gasteiger partial charge in [0.25, 0.3) is 0 Å². The number of piperidine rings is 1. The Hall–Kier alpha value is -2.86. The number of likely N-dealkylation sites (tertiary alicyclic amines) is 1. The molecule has 0 radical (unpaired) electrons. The van der Waals surface area contributed by atoms with E-state index in [1.165, 1.54) is 11.0 Å². The Morgan fingerprint density at radius 2 is 2.03 bits per heavy atom. The molecule has 3 rings (SSSR count). The quantitative estimate of drug-likeness (QED) is 0.184. The van der Waals surface area contributed by atoms with Gasteiger partial charge in [-0.05, 0) is 55.6 Å². The van der Waals surface area contributed by atoms with Gasteiger partial charge in [-0.2, -0.15) is 4.72 Å². The number of sulfonamides is 1. The molecule has 1 fully saturated rings. The summed E-state index contributed by atoms with van der Waals surface area (Å²) in [6, 6.07) is 2.94. The highest BCUT2D eigenvalue weighted by Crippen LogP contribution is 2.31. The summed E-state index contributed by atoms with van der Waals surface area (Å²) in [5.74, 6) is -1.22. The maximum absolute atomic E-state index is 13.5. The Morgan fingerprint density at radius 3 is 2.71 bits per heavy atom. The third-order valence-electron chi connectivity index (χ3n) is 6.57. The smallest absolute Gasteiger partial charge is 0.326 e. The lowest BCUT2D eigenvalue weighted by molar-refractivity contribution is -0.153. The van der Waals surface area contributed by atoms with Crippen molar-refractivity contribution in [2.24, 2.45) is 28.3 Å². The fourth-order valence-electron chi connectivity index (χ4n) is 4.72. The predicted molar refractivity (Wildman–Crippen MR) is 133 cm³/mol. The van der Waals surface area contributed by atoms with Gasteiger partial charge in [0.1, 0.15) is 17.0 Å². The molecule has 0 aromatic heterocycles. The normalized spacial score (nSPS) is 23.0. The Morgan fingerprint density at radius 1 is 1.29 bits per heavy atom.